The Hall–Kier alpha value is -1.60. The summed E-state index contributed by atoms with van der Waals surface area (Å²) in [5.41, 5.74) is 1.29. The van der Waals surface area contributed by atoms with Gasteiger partial charge in [0, 0.05) is 50.6 Å². The number of fused-ring (bicyclic) bond motifs is 1. The fourth-order valence-electron chi connectivity index (χ4n) is 5.70. The maximum Gasteiger partial charge on any atom is 0.190 e. The van der Waals surface area contributed by atoms with E-state index in [4.69, 9.17) is 0 Å². The van der Waals surface area contributed by atoms with Gasteiger partial charge in [-0.2, -0.15) is 0 Å². The highest BCUT2D eigenvalue weighted by Crippen LogP contribution is 2.35. The third-order valence-electron chi connectivity index (χ3n) is 7.29. The molecule has 3 aliphatic rings. The van der Waals surface area contributed by atoms with Gasteiger partial charge in [0.15, 0.2) is 5.16 Å². The highest BCUT2D eigenvalue weighted by Gasteiger charge is 2.41. The molecule has 7 heteroatoms. The Morgan fingerprint density at radius 3 is 2.83 bits per heavy atom. The molecule has 2 aromatic rings. The first kappa shape index (κ1) is 20.3. The summed E-state index contributed by atoms with van der Waals surface area (Å²) in [5.74, 6) is 3.77. The Balaban J connectivity index is 1.08. The zero-order valence-corrected chi connectivity index (χ0v) is 18.9. The van der Waals surface area contributed by atoms with Crippen LogP contribution in [0.15, 0.2) is 29.7 Å². The quantitative estimate of drug-likeness (QED) is 0.494. The minimum absolute atomic E-state index is 0.623. The van der Waals surface area contributed by atoms with E-state index in [-0.39, 0.29) is 0 Å². The van der Waals surface area contributed by atoms with Gasteiger partial charge in [-0.3, -0.25) is 4.98 Å². The Morgan fingerprint density at radius 1 is 1.10 bits per heavy atom. The minimum Gasteiger partial charge on any atom is -0.366 e. The first-order valence-corrected chi connectivity index (χ1v) is 12.7. The molecule has 0 N–H and O–H groups in total. The first-order chi connectivity index (χ1) is 14.8. The highest BCUT2D eigenvalue weighted by molar-refractivity contribution is 7.99. The van der Waals surface area contributed by atoms with Gasteiger partial charge in [0.05, 0.1) is 11.9 Å². The third kappa shape index (κ3) is 4.24. The Morgan fingerprint density at radius 2 is 2.00 bits per heavy atom. The van der Waals surface area contributed by atoms with Crippen molar-refractivity contribution in [3.8, 4) is 0 Å². The summed E-state index contributed by atoms with van der Waals surface area (Å²) in [6.45, 7) is 4.82. The van der Waals surface area contributed by atoms with Gasteiger partial charge in [-0.1, -0.05) is 31.0 Å². The predicted octanol–water partition coefficient (Wildman–Crippen LogP) is 3.95. The molecule has 30 heavy (non-hydrogen) atoms. The molecule has 3 fully saturated rings. The zero-order chi connectivity index (χ0) is 20.3. The fraction of sp³-hybridized carbons (Fsp3) is 0.696. The molecular weight excluding hydrogens is 392 g/mol. The van der Waals surface area contributed by atoms with E-state index in [1.165, 1.54) is 82.6 Å². The number of hydrogen-bond acceptors (Lipinski definition) is 6. The van der Waals surface area contributed by atoms with Gasteiger partial charge in [-0.15, -0.1) is 10.2 Å². The molecule has 162 valence electrons. The largest absolute Gasteiger partial charge is 0.366 e. The second kappa shape index (κ2) is 9.27. The second-order valence-corrected chi connectivity index (χ2v) is 10.3. The normalized spacial score (nSPS) is 25.2. The number of pyridine rings is 1. The summed E-state index contributed by atoms with van der Waals surface area (Å²) in [6, 6.07) is 4.93. The average molecular weight is 427 g/mol. The van der Waals surface area contributed by atoms with Crippen LogP contribution < -0.4 is 4.90 Å². The van der Waals surface area contributed by atoms with Crippen LogP contribution in [0, 0.1) is 5.92 Å². The van der Waals surface area contributed by atoms with E-state index in [0.29, 0.717) is 12.0 Å². The molecule has 2 atom stereocenters. The van der Waals surface area contributed by atoms with Crippen LogP contribution in [0.5, 0.6) is 0 Å². The Kier molecular flexibility index (Phi) is 6.27. The Bertz CT molecular complexity index is 818. The van der Waals surface area contributed by atoms with Crippen LogP contribution in [0.1, 0.15) is 56.7 Å². The van der Waals surface area contributed by atoms with Gasteiger partial charge in [-0.05, 0) is 50.3 Å². The molecule has 2 aromatic heterocycles. The number of nitrogens with zero attached hydrogens (tertiary/aromatic N) is 6. The maximum absolute atomic E-state index is 4.54. The predicted molar refractivity (Wildman–Crippen MR) is 122 cm³/mol. The molecule has 1 saturated carbocycles. The van der Waals surface area contributed by atoms with Crippen LogP contribution in [-0.4, -0.2) is 62.6 Å². The molecule has 0 radical (unpaired) electrons. The summed E-state index contributed by atoms with van der Waals surface area (Å²) in [4.78, 5) is 9.57. The lowest BCUT2D eigenvalue weighted by atomic mass is 9.89. The van der Waals surface area contributed by atoms with Crippen molar-refractivity contribution >= 4 is 17.4 Å². The number of hydrogen-bond donors (Lipinski definition) is 0. The topological polar surface area (TPSA) is 50.1 Å². The molecule has 0 aromatic carbocycles. The van der Waals surface area contributed by atoms with E-state index < -0.39 is 0 Å². The second-order valence-electron chi connectivity index (χ2n) is 9.22. The minimum atomic E-state index is 0.623. The van der Waals surface area contributed by atoms with E-state index in [0.717, 1.165) is 16.8 Å². The number of rotatable bonds is 7. The van der Waals surface area contributed by atoms with E-state index >= 15 is 0 Å². The van der Waals surface area contributed by atoms with E-state index in [1.54, 1.807) is 0 Å². The number of thioether (sulfide) groups is 1. The molecular formula is C23H34N6S. The standard InChI is InChI=1S/C23H34N6S/c1-27-22(18-7-3-2-4-8-18)25-26-23(27)30-14-6-12-28-16-19-10-13-29(21(19)17-28)20-9-5-11-24-15-20/h5,9,11,15,18-19,21H,2-4,6-8,10,12-14,16-17H2,1H3/t19-,21+/m1/s1. The summed E-state index contributed by atoms with van der Waals surface area (Å²) < 4.78 is 2.26. The van der Waals surface area contributed by atoms with Crippen molar-refractivity contribution in [3.05, 3.63) is 30.4 Å². The van der Waals surface area contributed by atoms with Crippen molar-refractivity contribution in [1.29, 1.82) is 0 Å². The third-order valence-corrected chi connectivity index (χ3v) is 8.40. The molecule has 5 rings (SSSR count). The van der Waals surface area contributed by atoms with Crippen molar-refractivity contribution in [2.75, 3.05) is 36.8 Å². The van der Waals surface area contributed by atoms with Gasteiger partial charge in [-0.25, -0.2) is 0 Å². The summed E-state index contributed by atoms with van der Waals surface area (Å²) in [6.07, 6.45) is 13.0. The van der Waals surface area contributed by atoms with Crippen molar-refractivity contribution in [1.82, 2.24) is 24.6 Å². The molecule has 0 bridgehead atoms. The maximum atomic E-state index is 4.54. The summed E-state index contributed by atoms with van der Waals surface area (Å²) in [5, 5.41) is 10.1. The average Bonchev–Trinajstić information content (AvgIpc) is 3.47. The van der Waals surface area contributed by atoms with Crippen LogP contribution >= 0.6 is 11.8 Å². The van der Waals surface area contributed by atoms with Gasteiger partial charge in [0.25, 0.3) is 0 Å². The molecule has 1 aliphatic carbocycles. The lowest BCUT2D eigenvalue weighted by Crippen LogP contribution is -2.35. The van der Waals surface area contributed by atoms with Gasteiger partial charge < -0.3 is 14.4 Å². The Labute approximate surface area is 184 Å². The van der Waals surface area contributed by atoms with Crippen LogP contribution in [0.4, 0.5) is 5.69 Å². The van der Waals surface area contributed by atoms with Crippen molar-refractivity contribution in [2.24, 2.45) is 13.0 Å². The molecule has 0 spiro atoms. The molecule has 2 aliphatic heterocycles. The number of likely N-dealkylation sites (tertiary alicyclic amines) is 1. The SMILES string of the molecule is Cn1c(SCCCN2C[C@H]3CCN(c4cccnc4)[C@H]3C2)nnc1C1CCCCC1. The summed E-state index contributed by atoms with van der Waals surface area (Å²) in [7, 11) is 2.15. The van der Waals surface area contributed by atoms with Crippen LogP contribution in [0.25, 0.3) is 0 Å². The first-order valence-electron chi connectivity index (χ1n) is 11.7. The van der Waals surface area contributed by atoms with Crippen molar-refractivity contribution in [3.63, 3.8) is 0 Å². The van der Waals surface area contributed by atoms with Gasteiger partial charge in [0.2, 0.25) is 0 Å². The number of anilines is 1. The highest BCUT2D eigenvalue weighted by atomic mass is 32.2. The van der Waals surface area contributed by atoms with Crippen LogP contribution in [-0.2, 0) is 7.05 Å². The van der Waals surface area contributed by atoms with Crippen LogP contribution in [0.3, 0.4) is 0 Å². The smallest absolute Gasteiger partial charge is 0.190 e. The molecule has 0 unspecified atom stereocenters. The van der Waals surface area contributed by atoms with Crippen LogP contribution in [0.2, 0.25) is 0 Å². The van der Waals surface area contributed by atoms with Gasteiger partial charge in [0.1, 0.15) is 5.82 Å². The lowest BCUT2D eigenvalue weighted by Gasteiger charge is -2.26. The van der Waals surface area contributed by atoms with E-state index in [1.807, 2.05) is 24.2 Å². The van der Waals surface area contributed by atoms with Crippen molar-refractivity contribution < 1.29 is 0 Å². The molecule has 6 nitrogen and oxygen atoms in total. The number of aromatic nitrogens is 4. The van der Waals surface area contributed by atoms with Gasteiger partial charge >= 0.3 is 0 Å². The fourth-order valence-corrected chi connectivity index (χ4v) is 6.54. The van der Waals surface area contributed by atoms with Crippen molar-refractivity contribution in [2.45, 2.75) is 62.1 Å². The van der Waals surface area contributed by atoms with E-state index in [2.05, 4.69) is 48.7 Å². The van der Waals surface area contributed by atoms with E-state index in [9.17, 15) is 0 Å². The molecule has 4 heterocycles. The summed E-state index contributed by atoms with van der Waals surface area (Å²) >= 11 is 1.88. The lowest BCUT2D eigenvalue weighted by molar-refractivity contribution is 0.319. The molecule has 0 amide bonds. The zero-order valence-electron chi connectivity index (χ0n) is 18.1. The molecule has 2 saturated heterocycles. The monoisotopic (exact) mass is 426 g/mol.